The second kappa shape index (κ2) is 11.9. The van der Waals surface area contributed by atoms with Gasteiger partial charge in [0.2, 0.25) is 11.8 Å². The lowest BCUT2D eigenvalue weighted by Gasteiger charge is -2.35. The minimum atomic E-state index is -0.433. The number of hydrogen-bond donors (Lipinski definition) is 2. The Kier molecular flexibility index (Phi) is 12.7. The molecular weight excluding hydrogens is 351 g/mol. The smallest absolute Gasteiger partial charge is 0.236 e. The van der Waals surface area contributed by atoms with Crippen LogP contribution < -0.4 is 11.1 Å². The van der Waals surface area contributed by atoms with Gasteiger partial charge in [0.15, 0.2) is 0 Å². The van der Waals surface area contributed by atoms with Crippen molar-refractivity contribution in [3.8, 4) is 0 Å². The summed E-state index contributed by atoms with van der Waals surface area (Å²) < 4.78 is 0. The highest BCUT2D eigenvalue weighted by atomic mass is 35.5. The van der Waals surface area contributed by atoms with Crippen molar-refractivity contribution >= 4 is 36.6 Å². The number of nitrogens with one attached hydrogen (secondary N) is 1. The molecule has 0 aromatic rings. The van der Waals surface area contributed by atoms with Crippen LogP contribution in [0.15, 0.2) is 0 Å². The summed E-state index contributed by atoms with van der Waals surface area (Å²) >= 11 is 0. The van der Waals surface area contributed by atoms with Gasteiger partial charge in [-0.15, -0.1) is 24.8 Å². The highest BCUT2D eigenvalue weighted by Crippen LogP contribution is 2.25. The van der Waals surface area contributed by atoms with Gasteiger partial charge < -0.3 is 16.0 Å². The Morgan fingerprint density at radius 1 is 1.17 bits per heavy atom. The maximum absolute atomic E-state index is 12.5. The highest BCUT2D eigenvalue weighted by molar-refractivity contribution is 5.85. The molecule has 0 spiro atoms. The largest absolute Gasteiger partial charge is 0.353 e. The minimum absolute atomic E-state index is 0. The first-order valence-electron chi connectivity index (χ1n) is 8.32. The number of carbonyl (C=O) groups is 2. The lowest BCUT2D eigenvalue weighted by Crippen LogP contribution is -2.52. The van der Waals surface area contributed by atoms with Crippen LogP contribution in [-0.4, -0.2) is 67.9 Å². The first kappa shape index (κ1) is 25.7. The van der Waals surface area contributed by atoms with E-state index in [9.17, 15) is 9.59 Å². The van der Waals surface area contributed by atoms with Crippen LogP contribution in [0.25, 0.3) is 0 Å². The Morgan fingerprint density at radius 3 is 2.04 bits per heavy atom. The molecule has 1 saturated heterocycles. The zero-order valence-electron chi connectivity index (χ0n) is 15.3. The zero-order valence-corrected chi connectivity index (χ0v) is 17.0. The molecule has 1 aliphatic rings. The molecule has 0 aromatic heterocycles. The second-order valence-corrected chi connectivity index (χ2v) is 6.50. The van der Waals surface area contributed by atoms with E-state index in [-0.39, 0.29) is 42.7 Å². The third-order valence-corrected chi connectivity index (χ3v) is 5.01. The number of amides is 2. The van der Waals surface area contributed by atoms with Crippen LogP contribution >= 0.6 is 24.8 Å². The Balaban J connectivity index is 0. The summed E-state index contributed by atoms with van der Waals surface area (Å²) in [6.07, 6.45) is 3.31. The van der Waals surface area contributed by atoms with Crippen molar-refractivity contribution in [2.75, 3.05) is 40.3 Å². The Hall–Kier alpha value is -0.560. The van der Waals surface area contributed by atoms with Gasteiger partial charge in [-0.2, -0.15) is 0 Å². The number of hydrogen-bond acceptors (Lipinski definition) is 4. The third-order valence-electron chi connectivity index (χ3n) is 5.01. The molecule has 6 nitrogen and oxygen atoms in total. The quantitative estimate of drug-likeness (QED) is 0.692. The van der Waals surface area contributed by atoms with Crippen molar-refractivity contribution < 1.29 is 9.59 Å². The average Bonchev–Trinajstić information content (AvgIpc) is 2.51. The number of likely N-dealkylation sites (tertiary alicyclic amines) is 1. The molecule has 0 aliphatic carbocycles. The molecular formula is C16H34Cl2N4O2. The maximum Gasteiger partial charge on any atom is 0.236 e. The van der Waals surface area contributed by atoms with Crippen molar-refractivity contribution in [1.82, 2.24) is 15.1 Å². The number of nitrogens with zero attached hydrogens (tertiary/aromatic N) is 2. The van der Waals surface area contributed by atoms with E-state index in [0.717, 1.165) is 38.8 Å². The molecule has 0 radical (unpaired) electrons. The van der Waals surface area contributed by atoms with Crippen LogP contribution in [-0.2, 0) is 9.59 Å². The van der Waals surface area contributed by atoms with Gasteiger partial charge in [-0.3, -0.25) is 14.5 Å². The fourth-order valence-electron chi connectivity index (χ4n) is 2.86. The lowest BCUT2D eigenvalue weighted by molar-refractivity contribution is -0.133. The molecule has 1 rings (SSSR count). The number of rotatable bonds is 7. The summed E-state index contributed by atoms with van der Waals surface area (Å²) in [6.45, 7) is 6.58. The molecule has 1 heterocycles. The molecule has 144 valence electrons. The van der Waals surface area contributed by atoms with Gasteiger partial charge in [0.05, 0.1) is 12.0 Å². The van der Waals surface area contributed by atoms with Crippen LogP contribution in [0.1, 0.15) is 39.5 Å². The van der Waals surface area contributed by atoms with Crippen molar-refractivity contribution in [2.24, 2.45) is 11.1 Å². The topological polar surface area (TPSA) is 78.7 Å². The van der Waals surface area contributed by atoms with Crippen LogP contribution in [0, 0.1) is 5.41 Å². The Morgan fingerprint density at radius 2 is 1.67 bits per heavy atom. The zero-order chi connectivity index (χ0) is 16.8. The monoisotopic (exact) mass is 384 g/mol. The molecule has 1 fully saturated rings. The van der Waals surface area contributed by atoms with Gasteiger partial charge >= 0.3 is 0 Å². The van der Waals surface area contributed by atoms with Gasteiger partial charge in [0, 0.05) is 39.8 Å². The molecule has 0 unspecified atom stereocenters. The fourth-order valence-corrected chi connectivity index (χ4v) is 2.86. The van der Waals surface area contributed by atoms with E-state index in [1.807, 2.05) is 13.8 Å². The van der Waals surface area contributed by atoms with Gasteiger partial charge in [0.1, 0.15) is 0 Å². The van der Waals surface area contributed by atoms with Gasteiger partial charge in [-0.1, -0.05) is 13.8 Å². The van der Waals surface area contributed by atoms with E-state index in [4.69, 9.17) is 5.73 Å². The van der Waals surface area contributed by atoms with Crippen molar-refractivity contribution in [3.63, 3.8) is 0 Å². The van der Waals surface area contributed by atoms with Crippen molar-refractivity contribution in [3.05, 3.63) is 0 Å². The average molecular weight is 385 g/mol. The number of likely N-dealkylation sites (N-methyl/N-ethyl adjacent to an activating group) is 1. The normalized spacial score (nSPS) is 15.9. The highest BCUT2D eigenvalue weighted by Gasteiger charge is 2.35. The SMILES string of the molecule is CCC(CC)(CN)C(=O)NC1CCN(CC(=O)N(C)C)CC1.Cl.Cl. The summed E-state index contributed by atoms with van der Waals surface area (Å²) in [4.78, 5) is 28.0. The molecule has 1 aliphatic heterocycles. The summed E-state index contributed by atoms with van der Waals surface area (Å²) in [5, 5.41) is 3.17. The molecule has 8 heteroatoms. The Bertz CT molecular complexity index is 374. The van der Waals surface area contributed by atoms with E-state index in [1.165, 1.54) is 0 Å². The number of piperidine rings is 1. The van der Waals surface area contributed by atoms with E-state index in [1.54, 1.807) is 19.0 Å². The first-order chi connectivity index (χ1) is 10.4. The van der Waals surface area contributed by atoms with E-state index >= 15 is 0 Å². The van der Waals surface area contributed by atoms with Crippen LogP contribution in [0.4, 0.5) is 0 Å². The lowest BCUT2D eigenvalue weighted by atomic mass is 9.81. The molecule has 24 heavy (non-hydrogen) atoms. The van der Waals surface area contributed by atoms with Crippen molar-refractivity contribution in [2.45, 2.75) is 45.6 Å². The molecule has 2 amide bonds. The summed E-state index contributed by atoms with van der Waals surface area (Å²) in [5.41, 5.74) is 5.40. The van der Waals surface area contributed by atoms with Crippen LogP contribution in [0.3, 0.4) is 0 Å². The number of carbonyl (C=O) groups excluding carboxylic acids is 2. The molecule has 0 saturated carbocycles. The van der Waals surface area contributed by atoms with E-state index in [2.05, 4.69) is 10.2 Å². The summed E-state index contributed by atoms with van der Waals surface area (Å²) in [5.74, 6) is 0.212. The summed E-state index contributed by atoms with van der Waals surface area (Å²) in [7, 11) is 3.55. The van der Waals surface area contributed by atoms with Gasteiger partial charge in [0.25, 0.3) is 0 Å². The standard InChI is InChI=1S/C16H32N4O2.2ClH/c1-5-16(6-2,12-17)15(22)18-13-7-9-20(10-8-13)11-14(21)19(3)4;;/h13H,5-12,17H2,1-4H3,(H,18,22);2*1H. The first-order valence-corrected chi connectivity index (χ1v) is 8.32. The third kappa shape index (κ3) is 6.75. The Labute approximate surface area is 158 Å². The summed E-state index contributed by atoms with van der Waals surface area (Å²) in [6, 6.07) is 0.197. The molecule has 0 bridgehead atoms. The minimum Gasteiger partial charge on any atom is -0.353 e. The molecule has 3 N–H and O–H groups in total. The predicted molar refractivity (Wildman–Crippen MR) is 103 cm³/mol. The number of nitrogens with two attached hydrogens (primary N) is 1. The fraction of sp³-hybridized carbons (Fsp3) is 0.875. The van der Waals surface area contributed by atoms with Crippen LogP contribution in [0.5, 0.6) is 0 Å². The predicted octanol–water partition coefficient (Wildman–Crippen LogP) is 1.26. The van der Waals surface area contributed by atoms with E-state index < -0.39 is 5.41 Å². The van der Waals surface area contributed by atoms with Crippen molar-refractivity contribution in [1.29, 1.82) is 0 Å². The second-order valence-electron chi connectivity index (χ2n) is 6.50. The van der Waals surface area contributed by atoms with Crippen LogP contribution in [0.2, 0.25) is 0 Å². The molecule has 0 aromatic carbocycles. The number of halogens is 2. The maximum atomic E-state index is 12.5. The van der Waals surface area contributed by atoms with Gasteiger partial charge in [-0.25, -0.2) is 0 Å². The van der Waals surface area contributed by atoms with Gasteiger partial charge in [-0.05, 0) is 25.7 Å². The van der Waals surface area contributed by atoms with E-state index in [0.29, 0.717) is 13.1 Å². The molecule has 0 atom stereocenters.